The molecular weight excluding hydrogens is 258 g/mol. The molecule has 0 bridgehead atoms. The number of halogens is 1. The Morgan fingerprint density at radius 1 is 1.16 bits per heavy atom. The van der Waals surface area contributed by atoms with Gasteiger partial charge in [-0.3, -0.25) is 4.79 Å². The first kappa shape index (κ1) is 13.6. The fraction of sp³-hybridized carbons (Fsp3) is 0.188. The lowest BCUT2D eigenvalue weighted by Gasteiger charge is -2.08. The van der Waals surface area contributed by atoms with E-state index < -0.39 is 0 Å². The van der Waals surface area contributed by atoms with E-state index >= 15 is 0 Å². The first-order valence-electron chi connectivity index (χ1n) is 6.26. The minimum absolute atomic E-state index is 0.145. The molecule has 1 N–H and O–H groups in total. The van der Waals surface area contributed by atoms with Gasteiger partial charge in [0.25, 0.3) is 5.91 Å². The Kier molecular flexibility index (Phi) is 4.23. The SMILES string of the molecule is CCc1ccc(C(=O)Nc2ccc(C)cc2Cl)cc1. The van der Waals surface area contributed by atoms with Crippen molar-refractivity contribution in [1.82, 2.24) is 0 Å². The van der Waals surface area contributed by atoms with Crippen LogP contribution in [0.5, 0.6) is 0 Å². The number of aryl methyl sites for hydroxylation is 2. The molecule has 0 heterocycles. The number of anilines is 1. The van der Waals surface area contributed by atoms with Crippen LogP contribution >= 0.6 is 11.6 Å². The molecule has 0 aliphatic heterocycles. The lowest BCUT2D eigenvalue weighted by Crippen LogP contribution is -2.12. The second kappa shape index (κ2) is 5.89. The van der Waals surface area contributed by atoms with Gasteiger partial charge in [-0.25, -0.2) is 0 Å². The Morgan fingerprint density at radius 3 is 2.42 bits per heavy atom. The molecule has 2 aromatic rings. The highest BCUT2D eigenvalue weighted by Crippen LogP contribution is 2.23. The molecule has 0 unspecified atom stereocenters. The molecular formula is C16H16ClNO. The highest BCUT2D eigenvalue weighted by Gasteiger charge is 2.08. The van der Waals surface area contributed by atoms with Gasteiger partial charge in [0.05, 0.1) is 10.7 Å². The average molecular weight is 274 g/mol. The van der Waals surface area contributed by atoms with Crippen molar-refractivity contribution in [2.75, 3.05) is 5.32 Å². The summed E-state index contributed by atoms with van der Waals surface area (Å²) in [6.45, 7) is 4.04. The Hall–Kier alpha value is -1.80. The van der Waals surface area contributed by atoms with Crippen molar-refractivity contribution in [3.05, 3.63) is 64.2 Å². The van der Waals surface area contributed by atoms with E-state index in [1.54, 1.807) is 0 Å². The molecule has 2 rings (SSSR count). The molecule has 98 valence electrons. The summed E-state index contributed by atoms with van der Waals surface area (Å²) >= 11 is 6.09. The summed E-state index contributed by atoms with van der Waals surface area (Å²) in [5.74, 6) is -0.145. The van der Waals surface area contributed by atoms with Gasteiger partial charge >= 0.3 is 0 Å². The molecule has 0 aromatic heterocycles. The molecule has 0 radical (unpaired) electrons. The fourth-order valence-corrected chi connectivity index (χ4v) is 2.09. The minimum Gasteiger partial charge on any atom is -0.321 e. The number of hydrogen-bond donors (Lipinski definition) is 1. The third kappa shape index (κ3) is 3.36. The molecule has 0 fully saturated rings. The highest BCUT2D eigenvalue weighted by atomic mass is 35.5. The molecule has 0 spiro atoms. The van der Waals surface area contributed by atoms with Crippen LogP contribution in [0.3, 0.4) is 0 Å². The molecule has 0 atom stereocenters. The van der Waals surface area contributed by atoms with Gasteiger partial charge in [-0.1, -0.05) is 36.7 Å². The van der Waals surface area contributed by atoms with Gasteiger partial charge in [0.2, 0.25) is 0 Å². The van der Waals surface area contributed by atoms with E-state index in [0.29, 0.717) is 16.3 Å². The molecule has 1 amide bonds. The standard InChI is InChI=1S/C16H16ClNO/c1-3-12-5-7-13(8-6-12)16(19)18-15-9-4-11(2)10-14(15)17/h4-10H,3H2,1-2H3,(H,18,19). The zero-order valence-corrected chi connectivity index (χ0v) is 11.8. The van der Waals surface area contributed by atoms with Gasteiger partial charge in [0, 0.05) is 5.56 Å². The number of rotatable bonds is 3. The zero-order valence-electron chi connectivity index (χ0n) is 11.0. The second-order valence-corrected chi connectivity index (χ2v) is 4.90. The lowest BCUT2D eigenvalue weighted by atomic mass is 10.1. The van der Waals surface area contributed by atoms with Crippen LogP contribution in [-0.2, 0) is 6.42 Å². The van der Waals surface area contributed by atoms with Crippen LogP contribution in [-0.4, -0.2) is 5.91 Å². The summed E-state index contributed by atoms with van der Waals surface area (Å²) in [5, 5.41) is 3.37. The van der Waals surface area contributed by atoms with E-state index in [-0.39, 0.29) is 5.91 Å². The summed E-state index contributed by atoms with van der Waals surface area (Å²) in [5.41, 5.74) is 3.55. The van der Waals surface area contributed by atoms with Gasteiger partial charge in [0.1, 0.15) is 0 Å². The first-order chi connectivity index (χ1) is 9.10. The van der Waals surface area contributed by atoms with Gasteiger partial charge in [-0.05, 0) is 48.7 Å². The Balaban J connectivity index is 2.15. The van der Waals surface area contributed by atoms with Gasteiger partial charge in [-0.2, -0.15) is 0 Å². The van der Waals surface area contributed by atoms with E-state index in [1.165, 1.54) is 5.56 Å². The summed E-state index contributed by atoms with van der Waals surface area (Å²) in [6.07, 6.45) is 0.964. The predicted octanol–water partition coefficient (Wildman–Crippen LogP) is 4.46. The Morgan fingerprint density at radius 2 is 1.84 bits per heavy atom. The topological polar surface area (TPSA) is 29.1 Å². The maximum atomic E-state index is 12.1. The van der Waals surface area contributed by atoms with Crippen LogP contribution in [0.4, 0.5) is 5.69 Å². The quantitative estimate of drug-likeness (QED) is 0.879. The normalized spacial score (nSPS) is 10.3. The molecule has 2 nitrogen and oxygen atoms in total. The Labute approximate surface area is 118 Å². The zero-order chi connectivity index (χ0) is 13.8. The van der Waals surface area contributed by atoms with E-state index in [4.69, 9.17) is 11.6 Å². The van der Waals surface area contributed by atoms with Crippen molar-refractivity contribution < 1.29 is 4.79 Å². The first-order valence-corrected chi connectivity index (χ1v) is 6.64. The molecule has 0 aliphatic rings. The van der Waals surface area contributed by atoms with Crippen molar-refractivity contribution in [3.8, 4) is 0 Å². The molecule has 0 saturated heterocycles. The molecule has 3 heteroatoms. The molecule has 0 aliphatic carbocycles. The van der Waals surface area contributed by atoms with Crippen LogP contribution in [0.25, 0.3) is 0 Å². The summed E-state index contributed by atoms with van der Waals surface area (Å²) < 4.78 is 0. The van der Waals surface area contributed by atoms with Crippen LogP contribution in [0, 0.1) is 6.92 Å². The maximum absolute atomic E-state index is 12.1. The third-order valence-corrected chi connectivity index (χ3v) is 3.31. The highest BCUT2D eigenvalue weighted by molar-refractivity contribution is 6.34. The van der Waals surface area contributed by atoms with Crippen molar-refractivity contribution in [1.29, 1.82) is 0 Å². The summed E-state index contributed by atoms with van der Waals surface area (Å²) in [4.78, 5) is 12.1. The van der Waals surface area contributed by atoms with Crippen LogP contribution in [0.2, 0.25) is 5.02 Å². The minimum atomic E-state index is -0.145. The van der Waals surface area contributed by atoms with Crippen LogP contribution in [0.15, 0.2) is 42.5 Å². The predicted molar refractivity (Wildman–Crippen MR) is 80.0 cm³/mol. The van der Waals surface area contributed by atoms with Gasteiger partial charge in [0.15, 0.2) is 0 Å². The van der Waals surface area contributed by atoms with Crippen molar-refractivity contribution in [2.24, 2.45) is 0 Å². The van der Waals surface area contributed by atoms with Gasteiger partial charge in [-0.15, -0.1) is 0 Å². The number of carbonyl (C=O) groups is 1. The van der Waals surface area contributed by atoms with Crippen molar-refractivity contribution in [2.45, 2.75) is 20.3 Å². The smallest absolute Gasteiger partial charge is 0.255 e. The largest absolute Gasteiger partial charge is 0.321 e. The summed E-state index contributed by atoms with van der Waals surface area (Å²) in [7, 11) is 0. The number of benzene rings is 2. The second-order valence-electron chi connectivity index (χ2n) is 4.49. The van der Waals surface area contributed by atoms with Crippen LogP contribution in [0.1, 0.15) is 28.4 Å². The van der Waals surface area contributed by atoms with E-state index in [0.717, 1.165) is 12.0 Å². The number of amides is 1. The monoisotopic (exact) mass is 273 g/mol. The lowest BCUT2D eigenvalue weighted by molar-refractivity contribution is 0.102. The number of nitrogens with one attached hydrogen (secondary N) is 1. The Bertz CT molecular complexity index is 590. The van der Waals surface area contributed by atoms with Crippen LogP contribution < -0.4 is 5.32 Å². The third-order valence-electron chi connectivity index (χ3n) is 3.00. The van der Waals surface area contributed by atoms with Gasteiger partial charge < -0.3 is 5.32 Å². The van der Waals surface area contributed by atoms with E-state index in [1.807, 2.05) is 49.4 Å². The maximum Gasteiger partial charge on any atom is 0.255 e. The summed E-state index contributed by atoms with van der Waals surface area (Å²) in [6, 6.07) is 13.2. The fourth-order valence-electron chi connectivity index (χ4n) is 1.81. The van der Waals surface area contributed by atoms with Crippen molar-refractivity contribution >= 4 is 23.2 Å². The molecule has 2 aromatic carbocycles. The van der Waals surface area contributed by atoms with E-state index in [2.05, 4.69) is 12.2 Å². The van der Waals surface area contributed by atoms with Crippen molar-refractivity contribution in [3.63, 3.8) is 0 Å². The molecule has 19 heavy (non-hydrogen) atoms. The number of carbonyl (C=O) groups excluding carboxylic acids is 1. The number of hydrogen-bond acceptors (Lipinski definition) is 1. The molecule has 0 saturated carbocycles. The van der Waals surface area contributed by atoms with E-state index in [9.17, 15) is 4.79 Å². The average Bonchev–Trinajstić information content (AvgIpc) is 2.42.